The normalized spacial score (nSPS) is 12.9. The first kappa shape index (κ1) is 32.8. The molecule has 0 rings (SSSR count). The van der Waals surface area contributed by atoms with E-state index < -0.39 is 12.5 Å². The van der Waals surface area contributed by atoms with Gasteiger partial charge in [0.05, 0.1) is 0 Å². The molecule has 8 N–H and O–H groups in total. The van der Waals surface area contributed by atoms with Crippen LogP contribution in [0.1, 0.15) is 128 Å². The van der Waals surface area contributed by atoms with Crippen LogP contribution in [0.2, 0.25) is 0 Å². The molecule has 0 aliphatic carbocycles. The number of nitrogens with two attached hydrogens (primary N) is 4. The van der Waals surface area contributed by atoms with E-state index in [4.69, 9.17) is 32.4 Å². The SMILES string of the molecule is NCCCCCC(N)OC(=O)CCCCCCCCCCCCC(=O)OC(N)CCCCCN. The summed E-state index contributed by atoms with van der Waals surface area (Å²) in [5, 5.41) is 0. The van der Waals surface area contributed by atoms with Gasteiger partial charge < -0.3 is 20.9 Å². The van der Waals surface area contributed by atoms with E-state index in [1.54, 1.807) is 0 Å². The predicted molar refractivity (Wildman–Crippen MR) is 139 cm³/mol. The molecule has 0 heterocycles. The Morgan fingerprint density at radius 1 is 0.471 bits per heavy atom. The molecule has 34 heavy (non-hydrogen) atoms. The van der Waals surface area contributed by atoms with Gasteiger partial charge in [0.1, 0.15) is 0 Å². The lowest BCUT2D eigenvalue weighted by Gasteiger charge is -2.13. The number of esters is 2. The molecule has 0 fully saturated rings. The van der Waals surface area contributed by atoms with E-state index >= 15 is 0 Å². The maximum absolute atomic E-state index is 11.8. The lowest BCUT2D eigenvalue weighted by atomic mass is 10.1. The number of rotatable bonds is 25. The van der Waals surface area contributed by atoms with Crippen LogP contribution < -0.4 is 22.9 Å². The number of hydrogen-bond acceptors (Lipinski definition) is 8. The van der Waals surface area contributed by atoms with Gasteiger partial charge in [0.25, 0.3) is 0 Å². The second-order valence-corrected chi connectivity index (χ2v) is 9.37. The zero-order valence-corrected chi connectivity index (χ0v) is 21.7. The number of carbonyl (C=O) groups excluding carboxylic acids is 2. The van der Waals surface area contributed by atoms with E-state index in [9.17, 15) is 9.59 Å². The van der Waals surface area contributed by atoms with Crippen molar-refractivity contribution in [2.75, 3.05) is 13.1 Å². The molecule has 8 heteroatoms. The monoisotopic (exact) mass is 486 g/mol. The van der Waals surface area contributed by atoms with E-state index in [0.29, 0.717) is 38.8 Å². The summed E-state index contributed by atoms with van der Waals surface area (Å²) in [6.07, 6.45) is 18.3. The Morgan fingerprint density at radius 2 is 0.765 bits per heavy atom. The lowest BCUT2D eigenvalue weighted by Crippen LogP contribution is -2.27. The van der Waals surface area contributed by atoms with E-state index in [0.717, 1.165) is 77.0 Å². The highest BCUT2D eigenvalue weighted by Gasteiger charge is 2.10. The average Bonchev–Trinajstić information content (AvgIpc) is 2.80. The van der Waals surface area contributed by atoms with Gasteiger partial charge in [0.15, 0.2) is 12.5 Å². The van der Waals surface area contributed by atoms with Crippen LogP contribution in [0.3, 0.4) is 0 Å². The standard InChI is InChI=1S/C26H54N4O4/c27-21-15-9-11-17-23(29)33-25(31)19-13-7-5-3-1-2-4-6-8-14-20-26(32)34-24(30)18-12-10-16-22-28/h23-24H,1-22,27-30H2. The molecule has 0 bridgehead atoms. The van der Waals surface area contributed by atoms with Gasteiger partial charge in [-0.25, -0.2) is 0 Å². The third-order valence-electron chi connectivity index (χ3n) is 5.96. The minimum absolute atomic E-state index is 0.181. The topological polar surface area (TPSA) is 157 Å². The molecule has 0 saturated heterocycles. The van der Waals surface area contributed by atoms with Crippen LogP contribution in [-0.2, 0) is 19.1 Å². The first-order valence-electron chi connectivity index (χ1n) is 13.8. The Bertz CT molecular complexity index is 438. The third-order valence-corrected chi connectivity index (χ3v) is 5.96. The van der Waals surface area contributed by atoms with E-state index in [1.165, 1.54) is 25.7 Å². The molecule has 0 aliphatic heterocycles. The van der Waals surface area contributed by atoms with Gasteiger partial charge in [-0.15, -0.1) is 0 Å². The summed E-state index contributed by atoms with van der Waals surface area (Å²) in [7, 11) is 0. The van der Waals surface area contributed by atoms with E-state index in [1.807, 2.05) is 0 Å². The molecule has 0 radical (unpaired) electrons. The molecule has 0 amide bonds. The van der Waals surface area contributed by atoms with Gasteiger partial charge in [-0.1, -0.05) is 64.2 Å². The molecular formula is C26H54N4O4. The van der Waals surface area contributed by atoms with Crippen molar-refractivity contribution in [1.82, 2.24) is 0 Å². The quantitative estimate of drug-likeness (QED) is 0.0842. The van der Waals surface area contributed by atoms with Crippen LogP contribution in [0.15, 0.2) is 0 Å². The van der Waals surface area contributed by atoms with Gasteiger partial charge in [0.2, 0.25) is 0 Å². The minimum atomic E-state index is -0.481. The molecule has 202 valence electrons. The summed E-state index contributed by atoms with van der Waals surface area (Å²) in [6, 6.07) is 0. The first-order valence-corrected chi connectivity index (χ1v) is 13.8. The number of unbranched alkanes of at least 4 members (excludes halogenated alkanes) is 13. The maximum atomic E-state index is 11.8. The summed E-state index contributed by atoms with van der Waals surface area (Å²) in [6.45, 7) is 1.39. The summed E-state index contributed by atoms with van der Waals surface area (Å²) in [5.74, 6) is -0.362. The van der Waals surface area contributed by atoms with Crippen LogP contribution in [-0.4, -0.2) is 37.5 Å². The first-order chi connectivity index (χ1) is 16.5. The summed E-state index contributed by atoms with van der Waals surface area (Å²) in [4.78, 5) is 23.6. The van der Waals surface area contributed by atoms with Crippen molar-refractivity contribution in [1.29, 1.82) is 0 Å². The number of ether oxygens (including phenoxy) is 2. The second kappa shape index (κ2) is 24.9. The highest BCUT2D eigenvalue weighted by atomic mass is 16.6. The Balaban J connectivity index is 3.38. The minimum Gasteiger partial charge on any atom is -0.447 e. The zero-order valence-electron chi connectivity index (χ0n) is 21.7. The molecular weight excluding hydrogens is 432 g/mol. The third kappa shape index (κ3) is 23.9. The van der Waals surface area contributed by atoms with Gasteiger partial charge in [-0.3, -0.25) is 21.1 Å². The fourth-order valence-corrected chi connectivity index (χ4v) is 3.86. The fourth-order valence-electron chi connectivity index (χ4n) is 3.86. The zero-order chi connectivity index (χ0) is 25.3. The Hall–Kier alpha value is -1.22. The second-order valence-electron chi connectivity index (χ2n) is 9.37. The van der Waals surface area contributed by atoms with Gasteiger partial charge in [-0.05, 0) is 64.5 Å². The van der Waals surface area contributed by atoms with E-state index in [2.05, 4.69) is 0 Å². The van der Waals surface area contributed by atoms with Crippen molar-refractivity contribution < 1.29 is 19.1 Å². The summed E-state index contributed by atoms with van der Waals surface area (Å²) < 4.78 is 10.5. The van der Waals surface area contributed by atoms with Crippen LogP contribution >= 0.6 is 0 Å². The lowest BCUT2D eigenvalue weighted by molar-refractivity contribution is -0.150. The van der Waals surface area contributed by atoms with Crippen LogP contribution in [0.5, 0.6) is 0 Å². The Kier molecular flexibility index (Phi) is 24.0. The Morgan fingerprint density at radius 3 is 1.09 bits per heavy atom. The highest BCUT2D eigenvalue weighted by Crippen LogP contribution is 2.13. The molecule has 0 aliphatic rings. The average molecular weight is 487 g/mol. The van der Waals surface area contributed by atoms with E-state index in [-0.39, 0.29) is 11.9 Å². The maximum Gasteiger partial charge on any atom is 0.307 e. The highest BCUT2D eigenvalue weighted by molar-refractivity contribution is 5.69. The van der Waals surface area contributed by atoms with Crippen molar-refractivity contribution in [2.45, 2.75) is 141 Å². The van der Waals surface area contributed by atoms with Crippen molar-refractivity contribution in [3.05, 3.63) is 0 Å². The van der Waals surface area contributed by atoms with Crippen molar-refractivity contribution >= 4 is 11.9 Å². The molecule has 0 aromatic heterocycles. The molecule has 0 aromatic carbocycles. The van der Waals surface area contributed by atoms with Crippen LogP contribution in [0, 0.1) is 0 Å². The number of carbonyl (C=O) groups is 2. The van der Waals surface area contributed by atoms with Crippen LogP contribution in [0.25, 0.3) is 0 Å². The van der Waals surface area contributed by atoms with Gasteiger partial charge in [-0.2, -0.15) is 0 Å². The molecule has 0 spiro atoms. The molecule has 2 unspecified atom stereocenters. The fraction of sp³-hybridized carbons (Fsp3) is 0.923. The largest absolute Gasteiger partial charge is 0.447 e. The summed E-state index contributed by atoms with van der Waals surface area (Å²) >= 11 is 0. The van der Waals surface area contributed by atoms with Crippen molar-refractivity contribution in [3.8, 4) is 0 Å². The molecule has 8 nitrogen and oxygen atoms in total. The summed E-state index contributed by atoms with van der Waals surface area (Å²) in [5.41, 5.74) is 22.6. The van der Waals surface area contributed by atoms with Gasteiger partial charge in [0, 0.05) is 12.8 Å². The van der Waals surface area contributed by atoms with Crippen LogP contribution in [0.4, 0.5) is 0 Å². The van der Waals surface area contributed by atoms with Gasteiger partial charge >= 0.3 is 11.9 Å². The van der Waals surface area contributed by atoms with Crippen molar-refractivity contribution in [3.63, 3.8) is 0 Å². The molecule has 2 atom stereocenters. The predicted octanol–water partition coefficient (Wildman–Crippen LogP) is 4.36. The van der Waals surface area contributed by atoms with Crippen molar-refractivity contribution in [2.24, 2.45) is 22.9 Å². The number of hydrogen-bond donors (Lipinski definition) is 4. The molecule has 0 saturated carbocycles. The smallest absolute Gasteiger partial charge is 0.307 e. The Labute approximate surface area is 208 Å². The molecule has 0 aromatic rings.